The van der Waals surface area contributed by atoms with Crippen LogP contribution in [0.2, 0.25) is 0 Å². The van der Waals surface area contributed by atoms with E-state index in [-0.39, 0.29) is 0 Å². The number of fused-ring (bicyclic) bond motifs is 1. The Bertz CT molecular complexity index is 473. The van der Waals surface area contributed by atoms with Crippen LogP contribution < -0.4 is 5.32 Å². The minimum Gasteiger partial charge on any atom is -0.315 e. The molecule has 3 rings (SSSR count). The highest BCUT2D eigenvalue weighted by Gasteiger charge is 2.33. The first kappa shape index (κ1) is 15.0. The third-order valence-corrected chi connectivity index (χ3v) is 5.45. The van der Waals surface area contributed by atoms with Crippen LogP contribution in [0.15, 0.2) is 24.3 Å². The second kappa shape index (κ2) is 6.47. The molecule has 0 amide bonds. The first-order chi connectivity index (χ1) is 10.2. The lowest BCUT2D eigenvalue weighted by atomic mass is 9.73. The van der Waals surface area contributed by atoms with Gasteiger partial charge in [-0.2, -0.15) is 0 Å². The molecule has 2 aliphatic rings. The van der Waals surface area contributed by atoms with Crippen molar-refractivity contribution >= 4 is 0 Å². The molecule has 1 N–H and O–H groups in total. The Morgan fingerprint density at radius 2 is 2.05 bits per heavy atom. The van der Waals surface area contributed by atoms with Crippen LogP contribution in [0.4, 0.5) is 0 Å². The summed E-state index contributed by atoms with van der Waals surface area (Å²) in [5.41, 5.74) is 3.14. The second-order valence-electron chi connectivity index (χ2n) is 6.89. The first-order valence-electron chi connectivity index (χ1n) is 8.33. The van der Waals surface area contributed by atoms with Gasteiger partial charge in [0.15, 0.2) is 0 Å². The molecule has 116 valence electrons. The lowest BCUT2D eigenvalue weighted by molar-refractivity contribution is 0.170. The van der Waals surface area contributed by atoms with Gasteiger partial charge in [-0.3, -0.25) is 0 Å². The molecule has 21 heavy (non-hydrogen) atoms. The standard InChI is InChI=1S/C18H29N3/c1-19-17(18-13-20(2)9-6-10-21(18)3)12-15-11-14-7-4-5-8-16(14)15/h4-5,7-8,15,17-19H,6,9-13H2,1-3H3. The van der Waals surface area contributed by atoms with Crippen LogP contribution in [-0.4, -0.2) is 62.7 Å². The van der Waals surface area contributed by atoms with Crippen LogP contribution in [0, 0.1) is 0 Å². The van der Waals surface area contributed by atoms with Crippen molar-refractivity contribution in [2.75, 3.05) is 40.8 Å². The Morgan fingerprint density at radius 3 is 2.81 bits per heavy atom. The zero-order chi connectivity index (χ0) is 14.8. The molecule has 1 aliphatic heterocycles. The molecule has 0 saturated carbocycles. The molecule has 3 nitrogen and oxygen atoms in total. The van der Waals surface area contributed by atoms with Crippen molar-refractivity contribution in [3.63, 3.8) is 0 Å². The van der Waals surface area contributed by atoms with E-state index in [2.05, 4.69) is 60.5 Å². The van der Waals surface area contributed by atoms with E-state index in [1.165, 1.54) is 38.9 Å². The van der Waals surface area contributed by atoms with Crippen molar-refractivity contribution in [1.82, 2.24) is 15.1 Å². The quantitative estimate of drug-likeness (QED) is 0.913. The summed E-state index contributed by atoms with van der Waals surface area (Å²) in [5, 5.41) is 3.61. The minimum absolute atomic E-state index is 0.578. The lowest BCUT2D eigenvalue weighted by Gasteiger charge is -2.39. The number of nitrogens with one attached hydrogen (secondary N) is 1. The molecule has 1 heterocycles. The molecule has 1 fully saturated rings. The summed E-state index contributed by atoms with van der Waals surface area (Å²) < 4.78 is 0. The van der Waals surface area contributed by atoms with E-state index < -0.39 is 0 Å². The zero-order valence-corrected chi connectivity index (χ0v) is 13.7. The molecular formula is C18H29N3. The van der Waals surface area contributed by atoms with Gasteiger partial charge >= 0.3 is 0 Å². The number of likely N-dealkylation sites (N-methyl/N-ethyl adjacent to an activating group) is 3. The predicted molar refractivity (Wildman–Crippen MR) is 88.9 cm³/mol. The van der Waals surface area contributed by atoms with Gasteiger partial charge in [0, 0.05) is 18.6 Å². The molecule has 1 saturated heterocycles. The number of hydrogen-bond acceptors (Lipinski definition) is 3. The highest BCUT2D eigenvalue weighted by molar-refractivity contribution is 5.40. The molecule has 3 unspecified atom stereocenters. The maximum atomic E-state index is 3.61. The van der Waals surface area contributed by atoms with Gasteiger partial charge in [-0.25, -0.2) is 0 Å². The normalized spacial score (nSPS) is 28.5. The van der Waals surface area contributed by atoms with Gasteiger partial charge < -0.3 is 15.1 Å². The molecule has 1 aromatic rings. The van der Waals surface area contributed by atoms with E-state index in [9.17, 15) is 0 Å². The SMILES string of the molecule is CNC(CC1Cc2ccccc21)C1CN(C)CCCN1C. The lowest BCUT2D eigenvalue weighted by Crippen LogP contribution is -2.52. The maximum Gasteiger partial charge on any atom is 0.0373 e. The third kappa shape index (κ3) is 3.15. The summed E-state index contributed by atoms with van der Waals surface area (Å²) >= 11 is 0. The average Bonchev–Trinajstić information content (AvgIpc) is 2.62. The van der Waals surface area contributed by atoms with Crippen LogP contribution in [0.3, 0.4) is 0 Å². The fraction of sp³-hybridized carbons (Fsp3) is 0.667. The molecule has 3 atom stereocenters. The first-order valence-corrected chi connectivity index (χ1v) is 8.33. The van der Waals surface area contributed by atoms with E-state index in [1.54, 1.807) is 11.1 Å². The summed E-state index contributed by atoms with van der Waals surface area (Å²) in [6.07, 6.45) is 3.81. The molecule has 3 heteroatoms. The fourth-order valence-corrected chi connectivity index (χ4v) is 4.09. The average molecular weight is 287 g/mol. The smallest absolute Gasteiger partial charge is 0.0373 e. The van der Waals surface area contributed by atoms with Crippen molar-refractivity contribution < 1.29 is 0 Å². The van der Waals surface area contributed by atoms with Gasteiger partial charge in [0.25, 0.3) is 0 Å². The Kier molecular flexibility index (Phi) is 4.63. The van der Waals surface area contributed by atoms with E-state index >= 15 is 0 Å². The molecule has 0 aromatic heterocycles. The topological polar surface area (TPSA) is 18.5 Å². The van der Waals surface area contributed by atoms with E-state index in [0.29, 0.717) is 12.1 Å². The Morgan fingerprint density at radius 1 is 1.24 bits per heavy atom. The van der Waals surface area contributed by atoms with Crippen molar-refractivity contribution in [1.29, 1.82) is 0 Å². The van der Waals surface area contributed by atoms with Gasteiger partial charge in [-0.1, -0.05) is 24.3 Å². The molecular weight excluding hydrogens is 258 g/mol. The van der Waals surface area contributed by atoms with Crippen LogP contribution >= 0.6 is 0 Å². The van der Waals surface area contributed by atoms with Crippen LogP contribution in [0.5, 0.6) is 0 Å². The summed E-state index contributed by atoms with van der Waals surface area (Å²) in [4.78, 5) is 5.06. The van der Waals surface area contributed by atoms with E-state index in [0.717, 1.165) is 5.92 Å². The predicted octanol–water partition coefficient (Wildman–Crippen LogP) is 1.94. The van der Waals surface area contributed by atoms with E-state index in [1.807, 2.05) is 0 Å². The van der Waals surface area contributed by atoms with Crippen molar-refractivity contribution in [3.8, 4) is 0 Å². The van der Waals surface area contributed by atoms with Crippen LogP contribution in [-0.2, 0) is 6.42 Å². The van der Waals surface area contributed by atoms with Gasteiger partial charge in [-0.15, -0.1) is 0 Å². The monoisotopic (exact) mass is 287 g/mol. The highest BCUT2D eigenvalue weighted by Crippen LogP contribution is 2.38. The molecule has 0 bridgehead atoms. The maximum absolute atomic E-state index is 3.61. The molecule has 0 radical (unpaired) electrons. The highest BCUT2D eigenvalue weighted by atomic mass is 15.2. The van der Waals surface area contributed by atoms with Crippen molar-refractivity contribution in [2.45, 2.75) is 37.3 Å². The second-order valence-corrected chi connectivity index (χ2v) is 6.89. The number of hydrogen-bond donors (Lipinski definition) is 1. The zero-order valence-electron chi connectivity index (χ0n) is 13.7. The largest absolute Gasteiger partial charge is 0.315 e. The fourth-order valence-electron chi connectivity index (χ4n) is 4.09. The Labute approximate surface area is 129 Å². The Balaban J connectivity index is 1.67. The Hall–Kier alpha value is -0.900. The third-order valence-electron chi connectivity index (χ3n) is 5.45. The molecule has 0 spiro atoms. The summed E-state index contributed by atoms with van der Waals surface area (Å²) in [6.45, 7) is 3.62. The van der Waals surface area contributed by atoms with E-state index in [4.69, 9.17) is 0 Å². The summed E-state index contributed by atoms with van der Waals surface area (Å²) in [6, 6.07) is 10.2. The molecule has 1 aromatic carbocycles. The summed E-state index contributed by atoms with van der Waals surface area (Å²) in [7, 11) is 6.69. The van der Waals surface area contributed by atoms with Crippen molar-refractivity contribution in [3.05, 3.63) is 35.4 Å². The van der Waals surface area contributed by atoms with Gasteiger partial charge in [0.2, 0.25) is 0 Å². The van der Waals surface area contributed by atoms with Gasteiger partial charge in [0.05, 0.1) is 0 Å². The summed E-state index contributed by atoms with van der Waals surface area (Å²) in [5.74, 6) is 0.751. The van der Waals surface area contributed by atoms with Crippen LogP contribution in [0.1, 0.15) is 29.9 Å². The van der Waals surface area contributed by atoms with Crippen molar-refractivity contribution in [2.24, 2.45) is 0 Å². The van der Waals surface area contributed by atoms with Gasteiger partial charge in [0.1, 0.15) is 0 Å². The number of benzene rings is 1. The molecule has 1 aliphatic carbocycles. The van der Waals surface area contributed by atoms with Crippen LogP contribution in [0.25, 0.3) is 0 Å². The number of rotatable bonds is 4. The number of nitrogens with zero attached hydrogens (tertiary/aromatic N) is 2. The minimum atomic E-state index is 0.578. The van der Waals surface area contributed by atoms with Gasteiger partial charge in [-0.05, 0) is 70.5 Å².